The van der Waals surface area contributed by atoms with E-state index >= 15 is 0 Å². The molecule has 0 aliphatic heterocycles. The van der Waals surface area contributed by atoms with Crippen molar-refractivity contribution in [3.63, 3.8) is 0 Å². The lowest BCUT2D eigenvalue weighted by Gasteiger charge is -2.39. The summed E-state index contributed by atoms with van der Waals surface area (Å²) >= 11 is 0. The smallest absolute Gasteiger partial charge is 0.00243 e. The van der Waals surface area contributed by atoms with E-state index < -0.39 is 0 Å². The van der Waals surface area contributed by atoms with Crippen molar-refractivity contribution in [2.45, 2.75) is 19.3 Å². The maximum absolute atomic E-state index is 2.51. The molecule has 1 unspecified atom stereocenters. The lowest BCUT2D eigenvalue weighted by Crippen LogP contribution is -2.36. The molecule has 1 atom stereocenters. The minimum atomic E-state index is 0.134. The van der Waals surface area contributed by atoms with Crippen molar-refractivity contribution in [1.82, 2.24) is 0 Å². The van der Waals surface area contributed by atoms with Gasteiger partial charge in [-0.2, -0.15) is 0 Å². The monoisotopic (exact) mass is 296 g/mol. The summed E-state index contributed by atoms with van der Waals surface area (Å²) in [6.45, 7) is 4.81. The van der Waals surface area contributed by atoms with E-state index in [0.717, 1.165) is 0 Å². The second kappa shape index (κ2) is 4.35. The molecular weight excluding hydrogens is 276 g/mol. The van der Waals surface area contributed by atoms with Crippen molar-refractivity contribution >= 4 is 27.6 Å². The third kappa shape index (κ3) is 1.67. The van der Waals surface area contributed by atoms with Gasteiger partial charge in [-0.05, 0) is 43.7 Å². The molecule has 0 heteroatoms. The highest BCUT2D eigenvalue weighted by Gasteiger charge is 2.37. The zero-order valence-electron chi connectivity index (χ0n) is 13.6. The quantitative estimate of drug-likeness (QED) is 0.583. The third-order valence-corrected chi connectivity index (χ3v) is 5.89. The highest BCUT2D eigenvalue weighted by atomic mass is 14.4. The second-order valence-corrected chi connectivity index (χ2v) is 7.48. The molecule has 112 valence electrons. The summed E-state index contributed by atoms with van der Waals surface area (Å²) in [4.78, 5) is 0. The van der Waals surface area contributed by atoms with Crippen LogP contribution < -0.4 is 5.22 Å². The molecule has 0 radical (unpaired) electrons. The minimum absolute atomic E-state index is 0.134. The fraction of sp³-hybridized carbons (Fsp3) is 0.217. The molecule has 0 saturated heterocycles. The van der Waals surface area contributed by atoms with Crippen LogP contribution in [0.5, 0.6) is 0 Å². The first kappa shape index (κ1) is 13.1. The van der Waals surface area contributed by atoms with Crippen LogP contribution in [0, 0.1) is 11.8 Å². The molecule has 23 heavy (non-hydrogen) atoms. The van der Waals surface area contributed by atoms with Crippen LogP contribution in [0.1, 0.15) is 19.4 Å². The fourth-order valence-corrected chi connectivity index (χ4v) is 4.65. The van der Waals surface area contributed by atoms with Crippen molar-refractivity contribution in [2.75, 3.05) is 0 Å². The van der Waals surface area contributed by atoms with Crippen LogP contribution in [-0.2, 0) is 5.41 Å². The van der Waals surface area contributed by atoms with Gasteiger partial charge in [0.15, 0.2) is 0 Å². The molecule has 0 fully saturated rings. The predicted molar refractivity (Wildman–Crippen MR) is 99.4 cm³/mol. The standard InChI is InChI=1S/C23H20/c1-23(2)19-13-12-17-9-5-8-16-10-11-18(22(19)21(16)17)14-20(23)15-6-3-4-7-15/h3-15,20H,1-2H3. The first-order chi connectivity index (χ1) is 11.2. The molecule has 0 N–H and O–H groups in total. The van der Waals surface area contributed by atoms with Gasteiger partial charge in [-0.1, -0.05) is 86.7 Å². The Bertz CT molecular complexity index is 1020. The highest BCUT2D eigenvalue weighted by Crippen LogP contribution is 2.45. The van der Waals surface area contributed by atoms with E-state index in [0.29, 0.717) is 11.8 Å². The summed E-state index contributed by atoms with van der Waals surface area (Å²) in [6, 6.07) is 15.9. The second-order valence-electron chi connectivity index (χ2n) is 7.48. The van der Waals surface area contributed by atoms with E-state index in [1.165, 1.54) is 32.3 Å². The van der Waals surface area contributed by atoms with Gasteiger partial charge >= 0.3 is 0 Å². The Balaban J connectivity index is 1.93. The molecule has 3 aromatic carbocycles. The van der Waals surface area contributed by atoms with Crippen molar-refractivity contribution in [1.29, 1.82) is 0 Å². The fourth-order valence-electron chi connectivity index (χ4n) is 4.65. The van der Waals surface area contributed by atoms with E-state index in [9.17, 15) is 0 Å². The van der Waals surface area contributed by atoms with E-state index in [4.69, 9.17) is 0 Å². The maximum atomic E-state index is 2.51. The normalized spacial score (nSPS) is 22.1. The van der Waals surface area contributed by atoms with E-state index in [1.807, 2.05) is 0 Å². The van der Waals surface area contributed by atoms with E-state index in [2.05, 4.69) is 86.7 Å². The topological polar surface area (TPSA) is 0 Å². The van der Waals surface area contributed by atoms with Gasteiger partial charge in [0.25, 0.3) is 0 Å². The Morgan fingerprint density at radius 2 is 1.48 bits per heavy atom. The number of hydrogen-bond donors (Lipinski definition) is 0. The number of hydrogen-bond acceptors (Lipinski definition) is 0. The first-order valence-corrected chi connectivity index (χ1v) is 8.48. The van der Waals surface area contributed by atoms with Crippen LogP contribution in [0.15, 0.2) is 66.8 Å². The number of rotatable bonds is 1. The minimum Gasteiger partial charge on any atom is -0.0770 e. The number of benzene rings is 3. The van der Waals surface area contributed by atoms with Crippen LogP contribution in [0.3, 0.4) is 0 Å². The van der Waals surface area contributed by atoms with Crippen molar-refractivity contribution in [3.8, 4) is 0 Å². The van der Waals surface area contributed by atoms with Crippen LogP contribution >= 0.6 is 0 Å². The summed E-state index contributed by atoms with van der Waals surface area (Å²) in [7, 11) is 0. The lowest BCUT2D eigenvalue weighted by atomic mass is 9.64. The average Bonchev–Trinajstić information content (AvgIpc) is 3.08. The Morgan fingerprint density at radius 1 is 0.783 bits per heavy atom. The summed E-state index contributed by atoms with van der Waals surface area (Å²) in [5.74, 6) is 1.01. The molecule has 0 saturated carbocycles. The van der Waals surface area contributed by atoms with E-state index in [-0.39, 0.29) is 5.41 Å². The SMILES string of the molecule is CC1(C)c2ccc3cccc4ccc(c2c34)=CC1C1C=CC=C1. The molecular formula is C23H20. The van der Waals surface area contributed by atoms with Gasteiger partial charge in [0.1, 0.15) is 0 Å². The van der Waals surface area contributed by atoms with Gasteiger partial charge in [0.05, 0.1) is 0 Å². The molecule has 3 aromatic rings. The van der Waals surface area contributed by atoms with Crippen molar-refractivity contribution in [2.24, 2.45) is 11.8 Å². The Kier molecular flexibility index (Phi) is 2.48. The molecule has 0 amide bonds. The molecule has 0 bridgehead atoms. The van der Waals surface area contributed by atoms with Gasteiger partial charge in [-0.25, -0.2) is 0 Å². The largest absolute Gasteiger partial charge is 0.0770 e. The van der Waals surface area contributed by atoms with Gasteiger partial charge < -0.3 is 0 Å². The maximum Gasteiger partial charge on any atom is 0.00243 e. The van der Waals surface area contributed by atoms with Crippen LogP contribution in [0.25, 0.3) is 27.6 Å². The molecule has 0 heterocycles. The van der Waals surface area contributed by atoms with Gasteiger partial charge in [0, 0.05) is 5.92 Å². The molecule has 0 nitrogen and oxygen atoms in total. The Hall–Kier alpha value is -2.34. The summed E-state index contributed by atoms with van der Waals surface area (Å²) in [6.07, 6.45) is 11.6. The molecule has 2 aliphatic carbocycles. The Morgan fingerprint density at radius 3 is 2.22 bits per heavy atom. The van der Waals surface area contributed by atoms with Gasteiger partial charge in [-0.3, -0.25) is 0 Å². The summed E-state index contributed by atoms with van der Waals surface area (Å²) in [5, 5.41) is 7.01. The highest BCUT2D eigenvalue weighted by molar-refractivity contribution is 6.12. The number of allylic oxidation sites excluding steroid dienone is 4. The third-order valence-electron chi connectivity index (χ3n) is 5.89. The molecule has 2 aliphatic rings. The van der Waals surface area contributed by atoms with E-state index in [1.54, 1.807) is 0 Å². The van der Waals surface area contributed by atoms with Gasteiger partial charge in [0.2, 0.25) is 0 Å². The van der Waals surface area contributed by atoms with Crippen LogP contribution in [0.4, 0.5) is 0 Å². The van der Waals surface area contributed by atoms with Crippen molar-refractivity contribution in [3.05, 3.63) is 77.6 Å². The molecule has 5 rings (SSSR count). The van der Waals surface area contributed by atoms with Gasteiger partial charge in [-0.15, -0.1) is 0 Å². The zero-order valence-corrected chi connectivity index (χ0v) is 13.6. The average molecular weight is 296 g/mol. The lowest BCUT2D eigenvalue weighted by molar-refractivity contribution is 0.359. The summed E-state index contributed by atoms with van der Waals surface area (Å²) in [5.41, 5.74) is 1.63. The summed E-state index contributed by atoms with van der Waals surface area (Å²) < 4.78 is 0. The predicted octanol–water partition coefficient (Wildman–Crippen LogP) is 5.14. The Labute approximate surface area is 136 Å². The molecule has 0 spiro atoms. The zero-order chi connectivity index (χ0) is 15.6. The van der Waals surface area contributed by atoms with Crippen molar-refractivity contribution < 1.29 is 0 Å². The molecule has 0 aromatic heterocycles. The first-order valence-electron chi connectivity index (χ1n) is 8.48. The van der Waals surface area contributed by atoms with Crippen LogP contribution in [-0.4, -0.2) is 0 Å². The van der Waals surface area contributed by atoms with Crippen LogP contribution in [0.2, 0.25) is 0 Å².